The monoisotopic (exact) mass is 1620 g/mol. The van der Waals surface area contributed by atoms with Crippen LogP contribution in [0.25, 0.3) is 21.5 Å². The molecule has 10 aromatic rings. The number of carbonyl (C=O) groups excluding carboxylic acids is 8. The van der Waals surface area contributed by atoms with Gasteiger partial charge in [-0.2, -0.15) is 0 Å². The van der Waals surface area contributed by atoms with Crippen LogP contribution in [0, 0.1) is 13.8 Å². The SMILES string of the molecule is CO[C@H]1C[C@]2(C)Nc3c(ccc4c3C(=O)c3ccc5cc(C)ccc5c3C4=O)O[C@H]2[C@H](C)O1.CO[C@H]1C[C@]2(C)Nc3c(ccc4c3C(=O)c3ccccc3C4=O)O[C@H]2[C@H](C)O1.C[C@@H]1O[C@@H](C)C[C@@](C)(Nc2cccc3c2C(=O)c2ccccc2C3=O)[C@H]1O.Cc1ccc2c3c(ccc2c1)C(=O)c1c(N[C@]2(C)C[C@H](C)O[C@@H](C)[C@@H]2O)cccc1C3=O. The number of fused-ring (bicyclic) bond motifs is 18. The Balaban J connectivity index is 0.000000115. The number of aliphatic hydroxyl groups excluding tert-OH is 2. The number of ether oxygens (including phenoxy) is 8. The van der Waals surface area contributed by atoms with E-state index >= 15 is 0 Å². The summed E-state index contributed by atoms with van der Waals surface area (Å²) in [4.78, 5) is 107. The van der Waals surface area contributed by atoms with E-state index in [0.29, 0.717) is 149 Å². The summed E-state index contributed by atoms with van der Waals surface area (Å²) in [6.07, 6.45) is -1.65. The van der Waals surface area contributed by atoms with Crippen molar-refractivity contribution in [2.75, 3.05) is 35.5 Å². The molecule has 0 saturated carbocycles. The van der Waals surface area contributed by atoms with Crippen LogP contribution in [0.4, 0.5) is 22.7 Å². The van der Waals surface area contributed by atoms with E-state index < -0.39 is 34.4 Å². The Kier molecular flexibility index (Phi) is 20.5. The van der Waals surface area contributed by atoms with E-state index in [1.165, 1.54) is 0 Å². The van der Waals surface area contributed by atoms with Crippen molar-refractivity contribution in [3.05, 3.63) is 270 Å². The molecule has 120 heavy (non-hydrogen) atoms. The lowest BCUT2D eigenvalue weighted by Crippen LogP contribution is -2.63. The van der Waals surface area contributed by atoms with Gasteiger partial charge in [-0.15, -0.1) is 0 Å². The van der Waals surface area contributed by atoms with Crippen LogP contribution in [0.3, 0.4) is 0 Å². The van der Waals surface area contributed by atoms with Crippen LogP contribution in [0.15, 0.2) is 170 Å². The van der Waals surface area contributed by atoms with Crippen LogP contribution >= 0.6 is 0 Å². The van der Waals surface area contributed by atoms with Gasteiger partial charge in [-0.25, -0.2) is 0 Å². The summed E-state index contributed by atoms with van der Waals surface area (Å²) < 4.78 is 46.8. The first-order valence-corrected chi connectivity index (χ1v) is 41.0. The van der Waals surface area contributed by atoms with Crippen molar-refractivity contribution < 1.29 is 86.5 Å². The number of aliphatic hydroxyl groups is 2. The summed E-state index contributed by atoms with van der Waals surface area (Å²) in [5.41, 5.74) is 8.75. The van der Waals surface area contributed by atoms with Crippen LogP contribution in [0.1, 0.15) is 233 Å². The highest BCUT2D eigenvalue weighted by Crippen LogP contribution is 2.51. The molecular weight excluding hydrogens is 1520 g/mol. The van der Waals surface area contributed by atoms with Crippen LogP contribution in [0.2, 0.25) is 0 Å². The second-order valence-electron chi connectivity index (χ2n) is 34.6. The summed E-state index contributed by atoms with van der Waals surface area (Å²) in [5.74, 6) is -0.129. The van der Waals surface area contributed by atoms with Gasteiger partial charge in [0.25, 0.3) is 0 Å². The maximum atomic E-state index is 13.8. The Labute approximate surface area is 694 Å². The lowest BCUT2D eigenvalue weighted by molar-refractivity contribution is -0.220. The summed E-state index contributed by atoms with van der Waals surface area (Å²) in [5, 5.41) is 39.0. The summed E-state index contributed by atoms with van der Waals surface area (Å²) in [7, 11) is 3.23. The van der Waals surface area contributed by atoms with Gasteiger partial charge in [0.05, 0.1) is 92.4 Å². The zero-order chi connectivity index (χ0) is 84.8. The molecule has 4 fully saturated rings. The van der Waals surface area contributed by atoms with Gasteiger partial charge in [0.15, 0.2) is 58.8 Å². The molecule has 16 atom stereocenters. The minimum Gasteiger partial charge on any atom is -0.483 e. The Morgan fingerprint density at radius 1 is 0.358 bits per heavy atom. The maximum absolute atomic E-state index is 13.8. The zero-order valence-corrected chi connectivity index (χ0v) is 69.3. The number of rotatable bonds is 6. The fourth-order valence-electron chi connectivity index (χ4n) is 20.1. The molecule has 6 aliphatic heterocycles. The molecule has 0 radical (unpaired) electrons. The second kappa shape index (κ2) is 30.4. The molecule has 10 aliphatic rings. The average molecular weight is 1620 g/mol. The smallest absolute Gasteiger partial charge is 0.196 e. The zero-order valence-electron chi connectivity index (χ0n) is 69.3. The number of anilines is 4. The van der Waals surface area contributed by atoms with Crippen LogP contribution in [-0.2, 0) is 28.4 Å². The van der Waals surface area contributed by atoms with Gasteiger partial charge in [0.2, 0.25) is 0 Å². The first-order chi connectivity index (χ1) is 57.2. The van der Waals surface area contributed by atoms with Crippen LogP contribution in [-0.4, -0.2) is 166 Å². The Bertz CT molecular complexity index is 6030. The molecule has 22 nitrogen and oxygen atoms in total. The minimum atomic E-state index is -0.761. The lowest BCUT2D eigenvalue weighted by atomic mass is 9.78. The van der Waals surface area contributed by atoms with Crippen molar-refractivity contribution in [1.29, 1.82) is 0 Å². The van der Waals surface area contributed by atoms with E-state index in [0.717, 1.165) is 32.7 Å². The van der Waals surface area contributed by atoms with E-state index in [4.69, 9.17) is 37.9 Å². The fourth-order valence-corrected chi connectivity index (χ4v) is 20.1. The molecule has 6 heterocycles. The van der Waals surface area contributed by atoms with Gasteiger partial charge in [-0.05, 0) is 166 Å². The number of aryl methyl sites for hydroxylation is 2. The van der Waals surface area contributed by atoms with Crippen molar-refractivity contribution in [1.82, 2.24) is 0 Å². The number of nitrogens with one attached hydrogen (secondary N) is 4. The highest BCUT2D eigenvalue weighted by molar-refractivity contribution is 6.36. The van der Waals surface area contributed by atoms with Gasteiger partial charge in [-0.1, -0.05) is 132 Å². The first-order valence-electron chi connectivity index (χ1n) is 41.0. The lowest BCUT2D eigenvalue weighted by Gasteiger charge is -2.51. The van der Waals surface area contributed by atoms with Gasteiger partial charge >= 0.3 is 0 Å². The highest BCUT2D eigenvalue weighted by Gasteiger charge is 2.55. The van der Waals surface area contributed by atoms with E-state index in [2.05, 4.69) is 21.3 Å². The molecule has 0 unspecified atom stereocenters. The molecule has 22 heteroatoms. The number of carbonyl (C=O) groups is 8. The molecule has 0 aromatic heterocycles. The molecule has 0 spiro atoms. The predicted octanol–water partition coefficient (Wildman–Crippen LogP) is 15.7. The fraction of sp³-hybridized carbons (Fsp3) is 0.347. The third kappa shape index (κ3) is 13.5. The minimum absolute atomic E-state index is 0.0292. The van der Waals surface area contributed by atoms with E-state index in [9.17, 15) is 48.6 Å². The van der Waals surface area contributed by atoms with Crippen molar-refractivity contribution in [3.8, 4) is 11.5 Å². The number of ketones is 8. The molecule has 10 aromatic carbocycles. The number of methoxy groups -OCH3 is 2. The topological polar surface area (TPSA) is 299 Å². The summed E-state index contributed by atoms with van der Waals surface area (Å²) in [6.45, 7) is 23.5. The molecule has 0 bridgehead atoms. The van der Waals surface area contributed by atoms with E-state index in [1.54, 1.807) is 129 Å². The molecular formula is C98H96N4O18. The number of hydrogen-bond acceptors (Lipinski definition) is 22. The Morgan fingerprint density at radius 3 is 1.09 bits per heavy atom. The van der Waals surface area contributed by atoms with E-state index in [-0.39, 0.29) is 108 Å². The summed E-state index contributed by atoms with van der Waals surface area (Å²) >= 11 is 0. The largest absolute Gasteiger partial charge is 0.483 e. The van der Waals surface area contributed by atoms with Gasteiger partial charge < -0.3 is 69.4 Å². The molecule has 20 rings (SSSR count). The third-order valence-corrected chi connectivity index (χ3v) is 25.7. The molecule has 4 aliphatic carbocycles. The van der Waals surface area contributed by atoms with Crippen molar-refractivity contribution >= 4 is 90.6 Å². The predicted molar refractivity (Wildman–Crippen MR) is 454 cm³/mol. The number of benzene rings is 10. The van der Waals surface area contributed by atoms with Crippen molar-refractivity contribution in [3.63, 3.8) is 0 Å². The van der Waals surface area contributed by atoms with Crippen molar-refractivity contribution in [2.45, 2.75) is 205 Å². The van der Waals surface area contributed by atoms with Crippen LogP contribution < -0.4 is 30.7 Å². The van der Waals surface area contributed by atoms with Gasteiger partial charge in [0.1, 0.15) is 35.9 Å². The van der Waals surface area contributed by atoms with E-state index in [1.807, 2.05) is 138 Å². The van der Waals surface area contributed by atoms with Gasteiger partial charge in [-0.3, -0.25) is 38.4 Å². The summed E-state index contributed by atoms with van der Waals surface area (Å²) in [6, 6.07) is 50.5. The molecule has 6 N–H and O–H groups in total. The third-order valence-electron chi connectivity index (χ3n) is 25.7. The molecule has 0 amide bonds. The first kappa shape index (κ1) is 80.9. The molecule has 616 valence electrons. The van der Waals surface area contributed by atoms with Gasteiger partial charge in [0, 0.05) is 105 Å². The Morgan fingerprint density at radius 2 is 0.683 bits per heavy atom. The van der Waals surface area contributed by atoms with Crippen molar-refractivity contribution in [2.24, 2.45) is 0 Å². The quantitative estimate of drug-likeness (QED) is 0.0901. The van der Waals surface area contributed by atoms with Crippen LogP contribution in [0.5, 0.6) is 11.5 Å². The maximum Gasteiger partial charge on any atom is 0.196 e. The second-order valence-corrected chi connectivity index (χ2v) is 34.6. The standard InChI is InChI=1S/C27H25NO5.C27H27NO4.C22H21NO5.C22H23NO4/c1-13-5-7-16-15(11-13)6-8-17-21(16)24(29)18-9-10-19-23(22(18)25(17)30)28-27(3)12-20(31-4)32-14(2)26(27)33-19;1-14-8-10-18-17(12-14)9-11-20-22(18)24(29)19-6-5-7-21(23(19)25(20)30)28-27(4)13-15(2)32-16(3)26(27)31;1-11-21-22(2,10-16(26-3)27-11)23-18-15(28-21)9-8-14-17(18)20(25)13-7-5-4-6-12(13)19(14)24;1-12-11-22(3,21(26)13(2)27-12)23-17-10-6-9-16-18(17)20(25)15-8-5-4-7-14(15)19(16)24/h5-11,14,20,26,28H,12H2,1-4H3;5-12,15-16,26,28,31H,13H2,1-4H3;4-9,11,16,21,23H,10H2,1-3H3;4-10,12-13,21,23,26H,11H2,1-3H3/t14-,20+,26-,27-;15-,16-,26-,27+;11-,16+,21-,22-;12-,13-,21-,22+/m0000/s1. The normalized spacial score (nSPS) is 28.7. The number of hydrogen-bond donors (Lipinski definition) is 6. The Hall–Kier alpha value is -11.4. The highest BCUT2D eigenvalue weighted by atomic mass is 16.7. The average Bonchev–Trinajstić information content (AvgIpc) is 0.680. The molecule has 4 saturated heterocycles.